The van der Waals surface area contributed by atoms with Crippen LogP contribution in [0.15, 0.2) is 0 Å². The molecule has 76 valence electrons. The highest BCUT2D eigenvalue weighted by Crippen LogP contribution is 2.16. The van der Waals surface area contributed by atoms with Gasteiger partial charge in [-0.15, -0.1) is 5.73 Å². The van der Waals surface area contributed by atoms with Crippen LogP contribution < -0.4 is 5.73 Å². The summed E-state index contributed by atoms with van der Waals surface area (Å²) >= 11 is 0. The largest absolute Gasteiger partial charge is 0.141 e. The molecule has 0 atom stereocenters. The second kappa shape index (κ2) is 7.37. The van der Waals surface area contributed by atoms with Gasteiger partial charge in [0, 0.05) is 6.04 Å². The third kappa shape index (κ3) is 6.09. The average molecular weight is 181 g/mol. The second-order valence-electron chi connectivity index (χ2n) is 4.41. The Labute approximate surface area is 83.1 Å². The van der Waals surface area contributed by atoms with Gasteiger partial charge in [-0.3, -0.25) is 0 Å². The van der Waals surface area contributed by atoms with E-state index in [1.54, 1.807) is 0 Å². The van der Waals surface area contributed by atoms with Crippen LogP contribution in [0.4, 0.5) is 0 Å². The van der Waals surface area contributed by atoms with Crippen molar-refractivity contribution in [1.82, 2.24) is 5.73 Å². The molecule has 0 aliphatic heterocycles. The van der Waals surface area contributed by atoms with Crippen molar-refractivity contribution in [1.29, 1.82) is 0 Å². The monoisotopic (exact) mass is 181 g/mol. The number of hydrogen-bond acceptors (Lipinski definition) is 0. The molecule has 0 heterocycles. The molecule has 0 aromatic rings. The van der Waals surface area contributed by atoms with E-state index < -0.39 is 0 Å². The van der Waals surface area contributed by atoms with E-state index in [0.29, 0.717) is 0 Å². The number of rotatable bonds is 0. The van der Waals surface area contributed by atoms with Crippen molar-refractivity contribution in [2.45, 2.75) is 76.7 Å². The summed E-state index contributed by atoms with van der Waals surface area (Å²) in [5, 5.41) is 0. The van der Waals surface area contributed by atoms with Crippen molar-refractivity contribution in [3.05, 3.63) is 0 Å². The fourth-order valence-corrected chi connectivity index (χ4v) is 2.14. The molecular formula is C12H23N. The topological polar surface area (TPSA) is 22.3 Å². The summed E-state index contributed by atoms with van der Waals surface area (Å²) in [6, 6.07) is -0.000531. The third-order valence-corrected chi connectivity index (χ3v) is 3.07. The molecule has 0 aromatic heterocycles. The maximum atomic E-state index is 9.59. The first kappa shape index (κ1) is 11.0. The molecule has 1 fully saturated rings. The van der Waals surface area contributed by atoms with Gasteiger partial charge in [-0.25, -0.2) is 0 Å². The van der Waals surface area contributed by atoms with Crippen LogP contribution in [0.3, 0.4) is 0 Å². The minimum Gasteiger partial charge on any atom is -0.141 e. The van der Waals surface area contributed by atoms with Crippen molar-refractivity contribution in [2.24, 2.45) is 0 Å². The van der Waals surface area contributed by atoms with Crippen LogP contribution >= 0.6 is 0 Å². The Morgan fingerprint density at radius 3 is 1.23 bits per heavy atom. The molecule has 0 bridgehead atoms. The molecule has 0 aromatic carbocycles. The van der Waals surface area contributed by atoms with Crippen LogP contribution in [-0.4, -0.2) is 6.04 Å². The Kier molecular flexibility index (Phi) is 6.26. The average Bonchev–Trinajstić information content (AvgIpc) is 2.11. The molecule has 0 spiro atoms. The Hall–Kier alpha value is -0.0400. The van der Waals surface area contributed by atoms with Crippen LogP contribution in [-0.2, 0) is 0 Å². The van der Waals surface area contributed by atoms with Crippen molar-refractivity contribution < 1.29 is 0 Å². The van der Waals surface area contributed by atoms with Gasteiger partial charge in [0.1, 0.15) is 0 Å². The van der Waals surface area contributed by atoms with Gasteiger partial charge in [0.2, 0.25) is 0 Å². The molecule has 0 unspecified atom stereocenters. The van der Waals surface area contributed by atoms with Gasteiger partial charge in [0.25, 0.3) is 0 Å². The van der Waals surface area contributed by atoms with Crippen molar-refractivity contribution >= 4 is 0 Å². The van der Waals surface area contributed by atoms with E-state index in [9.17, 15) is 5.73 Å². The maximum absolute atomic E-state index is 9.59. The number of hydrogen-bond donors (Lipinski definition) is 0. The summed E-state index contributed by atoms with van der Waals surface area (Å²) in [5.74, 6) is 0. The fraction of sp³-hybridized carbons (Fsp3) is 1.00. The maximum Gasteiger partial charge on any atom is 0.0433 e. The second-order valence-corrected chi connectivity index (χ2v) is 4.41. The first-order valence-corrected chi connectivity index (χ1v) is 6.07. The van der Waals surface area contributed by atoms with E-state index in [2.05, 4.69) is 0 Å². The van der Waals surface area contributed by atoms with Gasteiger partial charge in [-0.05, 0) is 12.8 Å². The zero-order valence-electron chi connectivity index (χ0n) is 8.80. The van der Waals surface area contributed by atoms with Crippen molar-refractivity contribution in [2.75, 3.05) is 0 Å². The minimum atomic E-state index is -0.000531. The van der Waals surface area contributed by atoms with E-state index in [-0.39, 0.29) is 6.04 Å². The van der Waals surface area contributed by atoms with Crippen molar-refractivity contribution in [3.63, 3.8) is 0 Å². The van der Waals surface area contributed by atoms with Crippen LogP contribution in [0.1, 0.15) is 70.6 Å². The lowest BCUT2D eigenvalue weighted by atomic mass is 9.99. The third-order valence-electron chi connectivity index (χ3n) is 3.07. The molecule has 0 amide bonds. The van der Waals surface area contributed by atoms with E-state index in [0.717, 1.165) is 12.8 Å². The molecule has 2 radical (unpaired) electrons. The molecule has 13 heavy (non-hydrogen) atoms. The summed E-state index contributed by atoms with van der Waals surface area (Å²) in [6.07, 6.45) is 14.2. The van der Waals surface area contributed by atoms with Crippen LogP contribution in [0, 0.1) is 0 Å². The van der Waals surface area contributed by atoms with Crippen LogP contribution in [0.2, 0.25) is 0 Å². The minimum absolute atomic E-state index is 0.000531. The van der Waals surface area contributed by atoms with E-state index >= 15 is 0 Å². The van der Waals surface area contributed by atoms with Gasteiger partial charge in [-0.2, -0.15) is 0 Å². The molecule has 1 rings (SSSR count). The lowest BCUT2D eigenvalue weighted by Gasteiger charge is -2.10. The van der Waals surface area contributed by atoms with E-state index in [4.69, 9.17) is 0 Å². The first-order valence-electron chi connectivity index (χ1n) is 6.07. The summed E-state index contributed by atoms with van der Waals surface area (Å²) in [5.41, 5.74) is 9.59. The highest BCUT2D eigenvalue weighted by Gasteiger charge is 2.05. The van der Waals surface area contributed by atoms with Crippen LogP contribution in [0.5, 0.6) is 0 Å². The van der Waals surface area contributed by atoms with Crippen molar-refractivity contribution in [3.8, 4) is 0 Å². The van der Waals surface area contributed by atoms with Gasteiger partial charge in [-0.1, -0.05) is 57.8 Å². The predicted octanol–water partition coefficient (Wildman–Crippen LogP) is 3.73. The summed E-state index contributed by atoms with van der Waals surface area (Å²) in [7, 11) is 0. The Morgan fingerprint density at radius 2 is 0.846 bits per heavy atom. The zero-order valence-corrected chi connectivity index (χ0v) is 8.80. The fourth-order valence-electron chi connectivity index (χ4n) is 2.14. The molecule has 0 N–H and O–H groups in total. The Morgan fingerprint density at radius 1 is 0.538 bits per heavy atom. The lowest BCUT2D eigenvalue weighted by molar-refractivity contribution is 0.458. The molecule has 1 aliphatic carbocycles. The summed E-state index contributed by atoms with van der Waals surface area (Å²) < 4.78 is 0. The van der Waals surface area contributed by atoms with Gasteiger partial charge in [0.15, 0.2) is 0 Å². The molecule has 1 nitrogen and oxygen atoms in total. The lowest BCUT2D eigenvalue weighted by Crippen LogP contribution is -2.08. The van der Waals surface area contributed by atoms with Gasteiger partial charge in [0.05, 0.1) is 0 Å². The molecule has 1 saturated carbocycles. The van der Waals surface area contributed by atoms with Gasteiger partial charge < -0.3 is 0 Å². The quantitative estimate of drug-likeness (QED) is 0.543. The first-order chi connectivity index (χ1) is 6.39. The number of nitrogens with zero attached hydrogens (tertiary/aromatic N) is 1. The molecule has 0 saturated heterocycles. The SMILES string of the molecule is [N]C1CCCCCCCCCCC1. The highest BCUT2D eigenvalue weighted by molar-refractivity contribution is 4.62. The Balaban J connectivity index is 2.11. The van der Waals surface area contributed by atoms with Crippen LogP contribution in [0.25, 0.3) is 0 Å². The predicted molar refractivity (Wildman–Crippen MR) is 56.7 cm³/mol. The summed E-state index contributed by atoms with van der Waals surface area (Å²) in [4.78, 5) is 0. The summed E-state index contributed by atoms with van der Waals surface area (Å²) in [6.45, 7) is 0. The van der Waals surface area contributed by atoms with E-state index in [1.807, 2.05) is 0 Å². The standard InChI is InChI=1S/C12H23N/c13-12-10-8-6-4-2-1-3-5-7-9-11-12/h12H,1-11H2. The van der Waals surface area contributed by atoms with E-state index in [1.165, 1.54) is 57.8 Å². The highest BCUT2D eigenvalue weighted by atomic mass is 14.6. The zero-order chi connectivity index (χ0) is 9.36. The molecular weight excluding hydrogens is 158 g/mol. The van der Waals surface area contributed by atoms with Gasteiger partial charge >= 0.3 is 0 Å². The molecule has 1 aliphatic rings. The Bertz CT molecular complexity index is 99.7. The molecule has 1 heteroatoms. The smallest absolute Gasteiger partial charge is 0.0433 e. The normalized spacial score (nSPS) is 24.7.